The van der Waals surface area contributed by atoms with E-state index in [0.29, 0.717) is 25.6 Å². The summed E-state index contributed by atoms with van der Waals surface area (Å²) in [6.07, 6.45) is 2.70. The van der Waals surface area contributed by atoms with Gasteiger partial charge in [0.05, 0.1) is 20.3 Å². The van der Waals surface area contributed by atoms with Crippen molar-refractivity contribution in [3.63, 3.8) is 0 Å². The van der Waals surface area contributed by atoms with Crippen LogP contribution in [-0.2, 0) is 13.1 Å². The minimum absolute atomic E-state index is 0. The lowest BCUT2D eigenvalue weighted by molar-refractivity contribution is 0.301. The highest BCUT2D eigenvalue weighted by atomic mass is 127. The van der Waals surface area contributed by atoms with Gasteiger partial charge in [0.2, 0.25) is 5.88 Å². The van der Waals surface area contributed by atoms with Crippen molar-refractivity contribution in [3.8, 4) is 11.6 Å². The predicted molar refractivity (Wildman–Crippen MR) is 120 cm³/mol. The van der Waals surface area contributed by atoms with Crippen LogP contribution in [0.15, 0.2) is 47.6 Å². The fourth-order valence-electron chi connectivity index (χ4n) is 2.35. The monoisotopic (exact) mass is 484 g/mol. The largest absolute Gasteiger partial charge is 0.497 e. The Bertz CT molecular complexity index is 710. The molecule has 0 saturated carbocycles. The third-order valence-corrected chi connectivity index (χ3v) is 3.64. The number of rotatable bonds is 9. The number of halogens is 1. The zero-order valence-corrected chi connectivity index (χ0v) is 18.5. The zero-order chi connectivity index (χ0) is 18.6. The molecule has 7 heteroatoms. The van der Waals surface area contributed by atoms with Gasteiger partial charge in [-0.2, -0.15) is 0 Å². The van der Waals surface area contributed by atoms with Crippen LogP contribution in [0.2, 0.25) is 0 Å². The second kappa shape index (κ2) is 13.2. The number of hydrogen-bond donors (Lipinski definition) is 2. The molecule has 0 aliphatic carbocycles. The van der Waals surface area contributed by atoms with Crippen LogP contribution in [0, 0.1) is 0 Å². The Morgan fingerprint density at radius 1 is 1.15 bits per heavy atom. The normalized spacial score (nSPS) is 10.7. The van der Waals surface area contributed by atoms with E-state index >= 15 is 0 Å². The maximum Gasteiger partial charge on any atom is 0.218 e. The highest BCUT2D eigenvalue weighted by molar-refractivity contribution is 14.0. The van der Waals surface area contributed by atoms with E-state index in [0.717, 1.165) is 35.8 Å². The molecule has 0 aliphatic rings. The molecule has 1 heterocycles. The standard InChI is InChI=1S/C20H28N4O2.HI/c1-4-12-26-19-17(9-7-11-22-19)15-24-20(21-5-2)23-14-16-8-6-10-18(13-16)25-3;/h6-11,13H,4-5,12,14-15H2,1-3H3,(H2,21,23,24);1H. The first-order chi connectivity index (χ1) is 12.8. The summed E-state index contributed by atoms with van der Waals surface area (Å²) in [4.78, 5) is 8.96. The number of benzene rings is 1. The van der Waals surface area contributed by atoms with E-state index < -0.39 is 0 Å². The van der Waals surface area contributed by atoms with Gasteiger partial charge in [-0.3, -0.25) is 0 Å². The van der Waals surface area contributed by atoms with Crippen LogP contribution in [0.5, 0.6) is 11.6 Å². The maximum absolute atomic E-state index is 5.71. The summed E-state index contributed by atoms with van der Waals surface area (Å²) in [5, 5.41) is 6.60. The molecule has 0 spiro atoms. The molecule has 0 radical (unpaired) electrons. The molecule has 148 valence electrons. The first kappa shape index (κ1) is 23.0. The topological polar surface area (TPSA) is 67.8 Å². The van der Waals surface area contributed by atoms with E-state index in [9.17, 15) is 0 Å². The quantitative estimate of drug-likeness (QED) is 0.323. The smallest absolute Gasteiger partial charge is 0.218 e. The second-order valence-corrected chi connectivity index (χ2v) is 5.72. The summed E-state index contributed by atoms with van der Waals surface area (Å²) >= 11 is 0. The van der Waals surface area contributed by atoms with Crippen LogP contribution in [0.25, 0.3) is 0 Å². The van der Waals surface area contributed by atoms with E-state index in [1.807, 2.05) is 43.3 Å². The Kier molecular flexibility index (Phi) is 11.2. The molecule has 27 heavy (non-hydrogen) atoms. The van der Waals surface area contributed by atoms with Crippen molar-refractivity contribution < 1.29 is 9.47 Å². The summed E-state index contributed by atoms with van der Waals surface area (Å²) in [6, 6.07) is 11.8. The van der Waals surface area contributed by atoms with Gasteiger partial charge >= 0.3 is 0 Å². The van der Waals surface area contributed by atoms with Gasteiger partial charge in [0.15, 0.2) is 5.96 Å². The van der Waals surface area contributed by atoms with Crippen molar-refractivity contribution >= 4 is 29.9 Å². The van der Waals surface area contributed by atoms with Gasteiger partial charge in [-0.05, 0) is 37.1 Å². The molecule has 1 aromatic carbocycles. The number of nitrogens with one attached hydrogen (secondary N) is 2. The first-order valence-corrected chi connectivity index (χ1v) is 8.98. The Morgan fingerprint density at radius 3 is 2.74 bits per heavy atom. The van der Waals surface area contributed by atoms with Gasteiger partial charge < -0.3 is 20.1 Å². The summed E-state index contributed by atoms with van der Waals surface area (Å²) < 4.78 is 11.0. The molecular formula is C20H29IN4O2. The highest BCUT2D eigenvalue weighted by Crippen LogP contribution is 2.15. The fraction of sp³-hybridized carbons (Fsp3) is 0.400. The number of aliphatic imine (C=N–C) groups is 1. The van der Waals surface area contributed by atoms with Gasteiger partial charge in [-0.25, -0.2) is 9.98 Å². The number of hydrogen-bond acceptors (Lipinski definition) is 4. The number of ether oxygens (including phenoxy) is 2. The van der Waals surface area contributed by atoms with Crippen molar-refractivity contribution in [2.45, 2.75) is 33.4 Å². The zero-order valence-electron chi connectivity index (χ0n) is 16.2. The van der Waals surface area contributed by atoms with Crippen molar-refractivity contribution in [2.24, 2.45) is 4.99 Å². The number of methoxy groups -OCH3 is 1. The fourth-order valence-corrected chi connectivity index (χ4v) is 2.35. The van der Waals surface area contributed by atoms with Crippen molar-refractivity contribution in [1.82, 2.24) is 15.6 Å². The molecule has 2 N–H and O–H groups in total. The van der Waals surface area contributed by atoms with Crippen LogP contribution >= 0.6 is 24.0 Å². The van der Waals surface area contributed by atoms with Gasteiger partial charge in [-0.1, -0.05) is 25.1 Å². The van der Waals surface area contributed by atoms with Gasteiger partial charge in [-0.15, -0.1) is 24.0 Å². The first-order valence-electron chi connectivity index (χ1n) is 8.98. The average molecular weight is 484 g/mol. The molecule has 2 aromatic rings. The molecule has 0 amide bonds. The van der Waals surface area contributed by atoms with Gasteiger partial charge in [0, 0.05) is 24.8 Å². The van der Waals surface area contributed by atoms with Crippen molar-refractivity contribution in [1.29, 1.82) is 0 Å². The minimum atomic E-state index is 0. The molecule has 6 nitrogen and oxygen atoms in total. The van der Waals surface area contributed by atoms with E-state index in [2.05, 4.69) is 27.5 Å². The van der Waals surface area contributed by atoms with Crippen LogP contribution in [-0.4, -0.2) is 31.2 Å². The van der Waals surface area contributed by atoms with E-state index in [4.69, 9.17) is 9.47 Å². The molecule has 0 fully saturated rings. The molecule has 0 unspecified atom stereocenters. The van der Waals surface area contributed by atoms with Crippen LogP contribution in [0.1, 0.15) is 31.4 Å². The average Bonchev–Trinajstić information content (AvgIpc) is 2.69. The van der Waals surface area contributed by atoms with E-state index in [1.54, 1.807) is 13.3 Å². The molecule has 0 bridgehead atoms. The Morgan fingerprint density at radius 2 is 2.00 bits per heavy atom. The molecule has 2 rings (SSSR count). The lowest BCUT2D eigenvalue weighted by Crippen LogP contribution is -2.36. The van der Waals surface area contributed by atoms with Crippen molar-refractivity contribution in [2.75, 3.05) is 20.3 Å². The molecular weight excluding hydrogens is 455 g/mol. The van der Waals surface area contributed by atoms with Crippen LogP contribution in [0.3, 0.4) is 0 Å². The molecule has 0 atom stereocenters. The number of pyridine rings is 1. The number of guanidine groups is 1. The molecule has 0 saturated heterocycles. The SMILES string of the molecule is CCCOc1ncccc1CNC(=NCc1cccc(OC)c1)NCC.I. The molecule has 0 aliphatic heterocycles. The Hall–Kier alpha value is -2.03. The summed E-state index contributed by atoms with van der Waals surface area (Å²) in [5.41, 5.74) is 2.10. The Balaban J connectivity index is 0.00000364. The lowest BCUT2D eigenvalue weighted by Gasteiger charge is -2.13. The summed E-state index contributed by atoms with van der Waals surface area (Å²) in [5.74, 6) is 2.26. The highest BCUT2D eigenvalue weighted by Gasteiger charge is 2.06. The minimum Gasteiger partial charge on any atom is -0.497 e. The van der Waals surface area contributed by atoms with Crippen LogP contribution < -0.4 is 20.1 Å². The van der Waals surface area contributed by atoms with Crippen LogP contribution in [0.4, 0.5) is 0 Å². The van der Waals surface area contributed by atoms with Gasteiger partial charge in [0.25, 0.3) is 0 Å². The second-order valence-electron chi connectivity index (χ2n) is 5.72. The van der Waals surface area contributed by atoms with Gasteiger partial charge in [0.1, 0.15) is 5.75 Å². The summed E-state index contributed by atoms with van der Waals surface area (Å²) in [7, 11) is 1.67. The third-order valence-electron chi connectivity index (χ3n) is 3.64. The third kappa shape index (κ3) is 8.03. The lowest BCUT2D eigenvalue weighted by atomic mass is 10.2. The number of aromatic nitrogens is 1. The van der Waals surface area contributed by atoms with E-state index in [1.165, 1.54) is 0 Å². The number of nitrogens with zero attached hydrogens (tertiary/aromatic N) is 2. The predicted octanol–water partition coefficient (Wildman–Crippen LogP) is 3.75. The molecule has 1 aromatic heterocycles. The van der Waals surface area contributed by atoms with E-state index in [-0.39, 0.29) is 24.0 Å². The maximum atomic E-state index is 5.71. The van der Waals surface area contributed by atoms with Crippen molar-refractivity contribution in [3.05, 3.63) is 53.7 Å². The Labute approximate surface area is 178 Å². The summed E-state index contributed by atoms with van der Waals surface area (Å²) in [6.45, 7) is 6.73.